The highest BCUT2D eigenvalue weighted by Gasteiger charge is 2.01. The van der Waals surface area contributed by atoms with E-state index >= 15 is 0 Å². The lowest BCUT2D eigenvalue weighted by Crippen LogP contribution is -1.96. The van der Waals surface area contributed by atoms with E-state index in [-0.39, 0.29) is 0 Å². The smallest absolute Gasteiger partial charge is 0.123 e. The van der Waals surface area contributed by atoms with Crippen LogP contribution in [0.1, 0.15) is 19.4 Å². The molecule has 0 aromatic heterocycles. The highest BCUT2D eigenvalue weighted by atomic mass is 79.9. The van der Waals surface area contributed by atoms with Crippen LogP contribution in [0.15, 0.2) is 29.8 Å². The van der Waals surface area contributed by atoms with E-state index in [9.17, 15) is 0 Å². The fourth-order valence-electron chi connectivity index (χ4n) is 1.21. The summed E-state index contributed by atoms with van der Waals surface area (Å²) < 4.78 is 10.8. The van der Waals surface area contributed by atoms with Gasteiger partial charge in [-0.15, -0.1) is 0 Å². The van der Waals surface area contributed by atoms with Gasteiger partial charge in [0, 0.05) is 11.4 Å². The Morgan fingerprint density at radius 2 is 1.94 bits per heavy atom. The minimum atomic E-state index is 0.594. The van der Waals surface area contributed by atoms with Crippen LogP contribution < -0.4 is 9.47 Å². The summed E-state index contributed by atoms with van der Waals surface area (Å²) in [5, 5.41) is 0.795. The topological polar surface area (TPSA) is 18.5 Å². The van der Waals surface area contributed by atoms with E-state index in [0.717, 1.165) is 22.4 Å². The Bertz CT molecular complexity index is 346. The molecule has 1 aromatic rings. The second-order valence-electron chi connectivity index (χ2n) is 3.74. The summed E-state index contributed by atoms with van der Waals surface area (Å²) in [5.74, 6) is 1.66. The van der Waals surface area contributed by atoms with Gasteiger partial charge in [0.05, 0.1) is 7.11 Å². The molecular formula is C13H17BrO2. The molecule has 0 aliphatic rings. The predicted octanol–water partition coefficient (Wildman–Crippen LogP) is 3.94. The zero-order valence-electron chi connectivity index (χ0n) is 9.92. The molecule has 0 N–H and O–H groups in total. The van der Waals surface area contributed by atoms with Gasteiger partial charge in [0.2, 0.25) is 0 Å². The number of hydrogen-bond donors (Lipinski definition) is 0. The van der Waals surface area contributed by atoms with Crippen LogP contribution in [0.2, 0.25) is 0 Å². The van der Waals surface area contributed by atoms with E-state index < -0.39 is 0 Å². The van der Waals surface area contributed by atoms with Crippen molar-refractivity contribution in [3.8, 4) is 11.5 Å². The summed E-state index contributed by atoms with van der Waals surface area (Å²) >= 11 is 3.42. The molecule has 88 valence electrons. The molecule has 16 heavy (non-hydrogen) atoms. The third-order valence-corrected chi connectivity index (χ3v) is 2.72. The van der Waals surface area contributed by atoms with Crippen LogP contribution in [-0.4, -0.2) is 13.7 Å². The van der Waals surface area contributed by atoms with E-state index in [0.29, 0.717) is 6.61 Å². The summed E-state index contributed by atoms with van der Waals surface area (Å²) in [6, 6.07) is 5.89. The lowest BCUT2D eigenvalue weighted by atomic mass is 10.2. The quantitative estimate of drug-likeness (QED) is 0.602. The lowest BCUT2D eigenvalue weighted by Gasteiger charge is -2.08. The molecule has 0 aliphatic heterocycles. The van der Waals surface area contributed by atoms with Gasteiger partial charge in [-0.25, -0.2) is 0 Å². The molecule has 0 aliphatic carbocycles. The van der Waals surface area contributed by atoms with E-state index in [1.807, 2.05) is 24.3 Å². The number of rotatable bonds is 5. The molecule has 0 saturated carbocycles. The van der Waals surface area contributed by atoms with Crippen LogP contribution in [0.25, 0.3) is 0 Å². The van der Waals surface area contributed by atoms with Crippen molar-refractivity contribution in [2.75, 3.05) is 13.7 Å². The molecule has 0 unspecified atom stereocenters. The van der Waals surface area contributed by atoms with Crippen molar-refractivity contribution in [3.63, 3.8) is 0 Å². The first kappa shape index (κ1) is 13.1. The molecule has 0 spiro atoms. The monoisotopic (exact) mass is 284 g/mol. The summed E-state index contributed by atoms with van der Waals surface area (Å²) in [4.78, 5) is 0. The Labute approximate surface area is 105 Å². The first-order valence-electron chi connectivity index (χ1n) is 5.15. The first-order chi connectivity index (χ1) is 7.65. The molecular weight excluding hydrogens is 268 g/mol. The number of allylic oxidation sites excluding steroid dienone is 1. The fraction of sp³-hybridized carbons (Fsp3) is 0.385. The van der Waals surface area contributed by atoms with Crippen LogP contribution >= 0.6 is 15.9 Å². The van der Waals surface area contributed by atoms with Crippen LogP contribution in [0, 0.1) is 0 Å². The SMILES string of the molecule is COc1cc(CBr)cc(OCC=C(C)C)c1. The van der Waals surface area contributed by atoms with Gasteiger partial charge < -0.3 is 9.47 Å². The maximum Gasteiger partial charge on any atom is 0.123 e. The van der Waals surface area contributed by atoms with Crippen molar-refractivity contribution in [2.45, 2.75) is 19.2 Å². The van der Waals surface area contributed by atoms with Gasteiger partial charge in [-0.1, -0.05) is 21.5 Å². The zero-order chi connectivity index (χ0) is 12.0. The Kier molecular flexibility index (Phi) is 5.39. The fourth-order valence-corrected chi connectivity index (χ4v) is 1.54. The van der Waals surface area contributed by atoms with Gasteiger partial charge in [-0.3, -0.25) is 0 Å². The Morgan fingerprint density at radius 3 is 2.50 bits per heavy atom. The molecule has 0 radical (unpaired) electrons. The Balaban J connectivity index is 2.75. The standard InChI is InChI=1S/C13H17BrO2/c1-10(2)4-5-16-13-7-11(9-14)6-12(8-13)15-3/h4,6-8H,5,9H2,1-3H3. The highest BCUT2D eigenvalue weighted by Crippen LogP contribution is 2.24. The summed E-state index contributed by atoms with van der Waals surface area (Å²) in [5.41, 5.74) is 2.40. The van der Waals surface area contributed by atoms with E-state index in [4.69, 9.17) is 9.47 Å². The van der Waals surface area contributed by atoms with Crippen LogP contribution in [0.5, 0.6) is 11.5 Å². The van der Waals surface area contributed by atoms with E-state index in [1.54, 1.807) is 7.11 Å². The van der Waals surface area contributed by atoms with Gasteiger partial charge in [0.1, 0.15) is 18.1 Å². The van der Waals surface area contributed by atoms with Crippen molar-refractivity contribution in [3.05, 3.63) is 35.4 Å². The average molecular weight is 285 g/mol. The number of benzene rings is 1. The van der Waals surface area contributed by atoms with Gasteiger partial charge in [-0.2, -0.15) is 0 Å². The molecule has 0 heterocycles. The largest absolute Gasteiger partial charge is 0.497 e. The third kappa shape index (κ3) is 4.27. The van der Waals surface area contributed by atoms with Crippen molar-refractivity contribution >= 4 is 15.9 Å². The minimum Gasteiger partial charge on any atom is -0.497 e. The maximum atomic E-state index is 5.62. The summed E-state index contributed by atoms with van der Waals surface area (Å²) in [7, 11) is 1.66. The number of alkyl halides is 1. The van der Waals surface area contributed by atoms with Crippen molar-refractivity contribution < 1.29 is 9.47 Å². The second-order valence-corrected chi connectivity index (χ2v) is 4.30. The number of hydrogen-bond acceptors (Lipinski definition) is 2. The molecule has 0 fully saturated rings. The first-order valence-corrected chi connectivity index (χ1v) is 6.28. The molecule has 1 rings (SSSR count). The molecule has 0 saturated heterocycles. The lowest BCUT2D eigenvalue weighted by molar-refractivity contribution is 0.355. The van der Waals surface area contributed by atoms with Gasteiger partial charge in [-0.05, 0) is 37.6 Å². The van der Waals surface area contributed by atoms with Crippen molar-refractivity contribution in [2.24, 2.45) is 0 Å². The minimum absolute atomic E-state index is 0.594. The highest BCUT2D eigenvalue weighted by molar-refractivity contribution is 9.08. The average Bonchev–Trinajstić information content (AvgIpc) is 2.28. The van der Waals surface area contributed by atoms with Crippen molar-refractivity contribution in [1.29, 1.82) is 0 Å². The number of ether oxygens (including phenoxy) is 2. The molecule has 0 bridgehead atoms. The second kappa shape index (κ2) is 6.59. The maximum absolute atomic E-state index is 5.62. The van der Waals surface area contributed by atoms with Gasteiger partial charge in [0.15, 0.2) is 0 Å². The molecule has 1 aromatic carbocycles. The number of halogens is 1. The Hall–Kier alpha value is -0.960. The summed E-state index contributed by atoms with van der Waals surface area (Å²) in [6.45, 7) is 4.70. The predicted molar refractivity (Wildman–Crippen MR) is 70.6 cm³/mol. The molecule has 3 heteroatoms. The molecule has 2 nitrogen and oxygen atoms in total. The number of methoxy groups -OCH3 is 1. The van der Waals surface area contributed by atoms with Crippen LogP contribution in [-0.2, 0) is 5.33 Å². The van der Waals surface area contributed by atoms with Crippen LogP contribution in [0.4, 0.5) is 0 Å². The third-order valence-electron chi connectivity index (χ3n) is 2.07. The van der Waals surface area contributed by atoms with E-state index in [1.165, 1.54) is 5.57 Å². The van der Waals surface area contributed by atoms with Gasteiger partial charge in [0.25, 0.3) is 0 Å². The molecule has 0 atom stereocenters. The van der Waals surface area contributed by atoms with Gasteiger partial charge >= 0.3 is 0 Å². The Morgan fingerprint density at radius 1 is 1.25 bits per heavy atom. The van der Waals surface area contributed by atoms with Crippen molar-refractivity contribution in [1.82, 2.24) is 0 Å². The summed E-state index contributed by atoms with van der Waals surface area (Å²) in [6.07, 6.45) is 2.05. The zero-order valence-corrected chi connectivity index (χ0v) is 11.5. The van der Waals surface area contributed by atoms with E-state index in [2.05, 4.69) is 29.8 Å². The van der Waals surface area contributed by atoms with Crippen LogP contribution in [0.3, 0.4) is 0 Å². The normalized spacial score (nSPS) is 9.75. The molecule has 0 amide bonds.